The summed E-state index contributed by atoms with van der Waals surface area (Å²) in [6, 6.07) is -0.755. The highest BCUT2D eigenvalue weighted by molar-refractivity contribution is 7.47. The lowest BCUT2D eigenvalue weighted by Crippen LogP contribution is -2.46. The molecule has 9 heteroatoms. The number of quaternary nitrogens is 1. The first-order valence-corrected chi connectivity index (χ1v) is 34.0. The van der Waals surface area contributed by atoms with Gasteiger partial charge in [-0.3, -0.25) is 13.8 Å². The molecule has 0 aromatic carbocycles. The van der Waals surface area contributed by atoms with Crippen molar-refractivity contribution in [2.45, 2.75) is 353 Å². The summed E-state index contributed by atoms with van der Waals surface area (Å²) in [4.78, 5) is 23.3. The summed E-state index contributed by atoms with van der Waals surface area (Å²) in [7, 11) is 1.63. The fourth-order valence-electron chi connectivity index (χ4n) is 10.2. The van der Waals surface area contributed by atoms with Crippen LogP contribution in [0.4, 0.5) is 0 Å². The van der Waals surface area contributed by atoms with Crippen molar-refractivity contribution in [3.63, 3.8) is 0 Å². The van der Waals surface area contributed by atoms with Gasteiger partial charge in [0.1, 0.15) is 13.2 Å². The molecule has 1 amide bonds. The van der Waals surface area contributed by atoms with Crippen molar-refractivity contribution in [2.75, 3.05) is 40.9 Å². The molecule has 8 nitrogen and oxygen atoms in total. The van der Waals surface area contributed by atoms with Crippen LogP contribution in [-0.4, -0.2) is 73.4 Å². The largest absolute Gasteiger partial charge is 0.472 e. The van der Waals surface area contributed by atoms with Crippen molar-refractivity contribution in [3.05, 3.63) is 12.2 Å². The van der Waals surface area contributed by atoms with E-state index in [1.165, 1.54) is 276 Å². The summed E-state index contributed by atoms with van der Waals surface area (Å²) in [5.41, 5.74) is 0. The highest BCUT2D eigenvalue weighted by Crippen LogP contribution is 2.43. The number of aliphatic hydroxyl groups is 1. The molecule has 0 aliphatic heterocycles. The molecule has 0 heterocycles. The quantitative estimate of drug-likeness (QED) is 0.0243. The summed E-state index contributed by atoms with van der Waals surface area (Å²) in [5, 5.41) is 14.0. The molecule has 3 unspecified atom stereocenters. The number of phosphoric acid groups is 1. The van der Waals surface area contributed by atoms with E-state index in [1.807, 2.05) is 21.1 Å². The number of aliphatic hydroxyl groups excluding tert-OH is 1. The average Bonchev–Trinajstić information content (AvgIpc) is 3.35. The number of unbranched alkanes of at least 4 members (excludes halogenated alkanes) is 46. The highest BCUT2D eigenvalue weighted by atomic mass is 31.2. The van der Waals surface area contributed by atoms with E-state index in [4.69, 9.17) is 9.05 Å². The van der Waals surface area contributed by atoms with E-state index in [2.05, 4.69) is 31.3 Å². The summed E-state index contributed by atoms with van der Waals surface area (Å²) in [6.45, 7) is 4.92. The first kappa shape index (κ1) is 72.2. The van der Waals surface area contributed by atoms with Crippen molar-refractivity contribution in [2.24, 2.45) is 0 Å². The van der Waals surface area contributed by atoms with Crippen molar-refractivity contribution in [3.8, 4) is 0 Å². The summed E-state index contributed by atoms with van der Waals surface area (Å²) in [6.07, 6.45) is 70.4. The van der Waals surface area contributed by atoms with E-state index in [9.17, 15) is 19.4 Å². The Hall–Kier alpha value is -0.760. The van der Waals surface area contributed by atoms with Crippen LogP contribution in [0.5, 0.6) is 0 Å². The number of carbonyl (C=O) groups is 1. The molecule has 0 radical (unpaired) electrons. The van der Waals surface area contributed by atoms with Crippen molar-refractivity contribution in [1.82, 2.24) is 5.32 Å². The predicted octanol–water partition coefficient (Wildman–Crippen LogP) is 20.2. The van der Waals surface area contributed by atoms with E-state index in [0.717, 1.165) is 38.5 Å². The van der Waals surface area contributed by atoms with Crippen LogP contribution >= 0.6 is 7.82 Å². The van der Waals surface area contributed by atoms with E-state index in [1.54, 1.807) is 0 Å². The molecule has 0 rings (SSSR count). The zero-order valence-corrected chi connectivity index (χ0v) is 50.8. The minimum atomic E-state index is -4.32. The van der Waals surface area contributed by atoms with Gasteiger partial charge in [-0.15, -0.1) is 0 Å². The number of hydrogen-bond acceptors (Lipinski definition) is 5. The zero-order chi connectivity index (χ0) is 53.5. The number of allylic oxidation sites excluding steroid dienone is 2. The molecule has 0 bridgehead atoms. The molecule has 436 valence electrons. The molecule has 0 spiro atoms. The predicted molar refractivity (Wildman–Crippen MR) is 319 cm³/mol. The molecule has 73 heavy (non-hydrogen) atoms. The number of hydrogen-bond donors (Lipinski definition) is 3. The summed E-state index contributed by atoms with van der Waals surface area (Å²) < 4.78 is 23.8. The minimum absolute atomic E-state index is 0.0782. The molecular formula is C64H130N2O6P+. The van der Waals surface area contributed by atoms with Crippen LogP contribution in [0.3, 0.4) is 0 Å². The van der Waals surface area contributed by atoms with Gasteiger partial charge in [0.2, 0.25) is 5.91 Å². The van der Waals surface area contributed by atoms with Crippen molar-refractivity contribution >= 4 is 13.7 Å². The standard InChI is InChI=1S/C64H129N2O6P/c1-6-8-10-12-14-16-18-20-21-22-23-24-25-26-27-28-29-30-31-32-33-34-35-36-37-38-39-40-41-42-43-44-45-46-48-50-52-54-56-58-64(68)65-62(61-72-73(69,70)71-60-59-66(3,4)5)63(67)57-55-53-51-49-47-19-17-15-13-11-9-7-2/h22-23,62-63,67H,6-21,24-61H2,1-5H3,(H-,65,68,69,70)/p+1/b23-22-. The lowest BCUT2D eigenvalue weighted by molar-refractivity contribution is -0.870. The molecule has 0 saturated carbocycles. The summed E-state index contributed by atoms with van der Waals surface area (Å²) >= 11 is 0. The van der Waals surface area contributed by atoms with Crippen LogP contribution in [0, 0.1) is 0 Å². The first-order chi connectivity index (χ1) is 35.5. The average molecular weight is 1050 g/mol. The van der Waals surface area contributed by atoms with E-state index in [-0.39, 0.29) is 19.1 Å². The van der Waals surface area contributed by atoms with Gasteiger partial charge >= 0.3 is 7.82 Å². The van der Waals surface area contributed by atoms with Crippen molar-refractivity contribution < 1.29 is 32.9 Å². The molecule has 0 fully saturated rings. The monoisotopic (exact) mass is 1050 g/mol. The molecule has 0 aromatic rings. The van der Waals surface area contributed by atoms with Crippen LogP contribution in [0.2, 0.25) is 0 Å². The van der Waals surface area contributed by atoms with Crippen LogP contribution < -0.4 is 5.32 Å². The maximum atomic E-state index is 13.0. The Bertz CT molecular complexity index is 1200. The lowest BCUT2D eigenvalue weighted by Gasteiger charge is -2.26. The number of likely N-dealkylation sites (N-methyl/N-ethyl adjacent to an activating group) is 1. The number of rotatable bonds is 61. The van der Waals surface area contributed by atoms with Crippen LogP contribution in [0.25, 0.3) is 0 Å². The molecule has 0 aliphatic carbocycles. The number of nitrogens with zero attached hydrogens (tertiary/aromatic N) is 1. The number of nitrogens with one attached hydrogen (secondary N) is 1. The Kier molecular flexibility index (Phi) is 55.4. The van der Waals surface area contributed by atoms with Crippen LogP contribution in [0.15, 0.2) is 12.2 Å². The molecule has 3 N–H and O–H groups in total. The van der Waals surface area contributed by atoms with Gasteiger partial charge in [0, 0.05) is 6.42 Å². The first-order valence-electron chi connectivity index (χ1n) is 32.6. The smallest absolute Gasteiger partial charge is 0.391 e. The number of carbonyl (C=O) groups excluding carboxylic acids is 1. The normalized spacial score (nSPS) is 13.8. The Labute approximate surface area is 456 Å². The Morgan fingerprint density at radius 3 is 1.05 bits per heavy atom. The topological polar surface area (TPSA) is 105 Å². The summed E-state index contributed by atoms with van der Waals surface area (Å²) in [5.74, 6) is -0.137. The fraction of sp³-hybridized carbons (Fsp3) is 0.953. The van der Waals surface area contributed by atoms with Gasteiger partial charge in [0.05, 0.1) is 39.9 Å². The Morgan fingerprint density at radius 1 is 0.452 bits per heavy atom. The zero-order valence-electron chi connectivity index (χ0n) is 49.9. The number of amides is 1. The second-order valence-corrected chi connectivity index (χ2v) is 25.3. The molecule has 0 aromatic heterocycles. The number of phosphoric ester groups is 1. The second kappa shape index (κ2) is 56.0. The van der Waals surface area contributed by atoms with Gasteiger partial charge in [-0.2, -0.15) is 0 Å². The SMILES string of the molecule is CCCCCCCCCC/C=C\CCCCCCCCCCCCCCCCCCCCCCCCCCCCCC(=O)NC(COP(=O)(O)OCC[N+](C)(C)C)C(O)CCCCCCCCCCCCCC. The van der Waals surface area contributed by atoms with Gasteiger partial charge in [0.15, 0.2) is 0 Å². The maximum Gasteiger partial charge on any atom is 0.472 e. The van der Waals surface area contributed by atoms with E-state index >= 15 is 0 Å². The Balaban J connectivity index is 3.79. The van der Waals surface area contributed by atoms with Crippen LogP contribution in [0.1, 0.15) is 341 Å². The lowest BCUT2D eigenvalue weighted by atomic mass is 10.0. The third-order valence-electron chi connectivity index (χ3n) is 15.3. The molecule has 3 atom stereocenters. The Morgan fingerprint density at radius 2 is 0.740 bits per heavy atom. The third-order valence-corrected chi connectivity index (χ3v) is 16.2. The fourth-order valence-corrected chi connectivity index (χ4v) is 10.9. The maximum absolute atomic E-state index is 13.0. The van der Waals surface area contributed by atoms with Gasteiger partial charge in [0.25, 0.3) is 0 Å². The van der Waals surface area contributed by atoms with Crippen molar-refractivity contribution in [1.29, 1.82) is 0 Å². The van der Waals surface area contributed by atoms with Gasteiger partial charge in [-0.1, -0.05) is 309 Å². The van der Waals surface area contributed by atoms with E-state index < -0.39 is 20.0 Å². The van der Waals surface area contributed by atoms with E-state index in [0.29, 0.717) is 23.9 Å². The second-order valence-electron chi connectivity index (χ2n) is 23.9. The molecule has 0 saturated heterocycles. The highest BCUT2D eigenvalue weighted by Gasteiger charge is 2.28. The van der Waals surface area contributed by atoms with Crippen LogP contribution in [-0.2, 0) is 18.4 Å². The third kappa shape index (κ3) is 58.8. The van der Waals surface area contributed by atoms with Gasteiger partial charge in [-0.25, -0.2) is 4.57 Å². The molecule has 0 aliphatic rings. The van der Waals surface area contributed by atoms with Gasteiger partial charge < -0.3 is 19.8 Å². The minimum Gasteiger partial charge on any atom is -0.391 e. The molecular weight excluding hydrogens is 924 g/mol. The van der Waals surface area contributed by atoms with Gasteiger partial charge in [-0.05, 0) is 38.5 Å².